The van der Waals surface area contributed by atoms with Gasteiger partial charge in [-0.1, -0.05) is 38.1 Å². The summed E-state index contributed by atoms with van der Waals surface area (Å²) >= 11 is 0. The molecule has 0 atom stereocenters. The molecule has 8 nitrogen and oxygen atoms in total. The van der Waals surface area contributed by atoms with Crippen molar-refractivity contribution in [3.63, 3.8) is 0 Å². The quantitative estimate of drug-likeness (QED) is 0.461. The third-order valence-corrected chi connectivity index (χ3v) is 6.03. The molecular weight excluding hydrogens is 416 g/mol. The van der Waals surface area contributed by atoms with Crippen LogP contribution >= 0.6 is 0 Å². The molecule has 33 heavy (non-hydrogen) atoms. The van der Waals surface area contributed by atoms with Crippen LogP contribution in [0.2, 0.25) is 0 Å². The van der Waals surface area contributed by atoms with Crippen molar-refractivity contribution < 1.29 is 9.47 Å². The third kappa shape index (κ3) is 4.56. The van der Waals surface area contributed by atoms with Crippen LogP contribution in [0.15, 0.2) is 73.3 Å². The molecule has 1 fully saturated rings. The Bertz CT molecular complexity index is 1180. The Hall–Kier alpha value is -3.78. The Morgan fingerprint density at radius 3 is 1.91 bits per heavy atom. The summed E-state index contributed by atoms with van der Waals surface area (Å²) in [6, 6.07) is 16.7. The summed E-state index contributed by atoms with van der Waals surface area (Å²) in [6.45, 7) is 4.42. The summed E-state index contributed by atoms with van der Waals surface area (Å²) in [5.41, 5.74) is 8.07. The molecular formula is C25H26N6O2. The van der Waals surface area contributed by atoms with Gasteiger partial charge in [0, 0.05) is 11.5 Å². The molecule has 0 unspecified atom stereocenters. The van der Waals surface area contributed by atoms with Gasteiger partial charge in [-0.15, -0.1) is 4.80 Å². The lowest BCUT2D eigenvalue weighted by molar-refractivity contribution is 0.101. The summed E-state index contributed by atoms with van der Waals surface area (Å²) in [4.78, 5) is 9.82. The maximum absolute atomic E-state index is 5.98. The normalized spacial score (nSPS) is 17.9. The van der Waals surface area contributed by atoms with Crippen molar-refractivity contribution in [3.8, 4) is 23.2 Å². The summed E-state index contributed by atoms with van der Waals surface area (Å²) in [7, 11) is 0. The number of benzene rings is 2. The lowest BCUT2D eigenvalue weighted by atomic mass is 9.78. The predicted molar refractivity (Wildman–Crippen MR) is 124 cm³/mol. The second-order valence-corrected chi connectivity index (χ2v) is 8.78. The molecule has 8 heteroatoms. The second-order valence-electron chi connectivity index (χ2n) is 8.78. The zero-order valence-corrected chi connectivity index (χ0v) is 18.6. The van der Waals surface area contributed by atoms with Gasteiger partial charge in [-0.05, 0) is 48.2 Å². The number of hydrogen-bond acceptors (Lipinski definition) is 7. The molecule has 0 amide bonds. The van der Waals surface area contributed by atoms with Crippen LogP contribution in [-0.2, 0) is 5.41 Å². The molecule has 0 aliphatic heterocycles. The van der Waals surface area contributed by atoms with E-state index >= 15 is 0 Å². The number of aromatic nitrogens is 5. The highest BCUT2D eigenvalue weighted by Gasteiger charge is 2.28. The van der Waals surface area contributed by atoms with Crippen molar-refractivity contribution in [2.45, 2.75) is 44.2 Å². The van der Waals surface area contributed by atoms with Crippen molar-refractivity contribution in [1.29, 1.82) is 0 Å². The Balaban J connectivity index is 1.24. The molecule has 0 saturated heterocycles. The van der Waals surface area contributed by atoms with Crippen molar-refractivity contribution >= 4 is 0 Å². The van der Waals surface area contributed by atoms with E-state index in [9.17, 15) is 0 Å². The van der Waals surface area contributed by atoms with Crippen molar-refractivity contribution in [1.82, 2.24) is 25.0 Å². The van der Waals surface area contributed by atoms with Crippen LogP contribution in [-0.4, -0.2) is 37.1 Å². The van der Waals surface area contributed by atoms with Crippen LogP contribution in [0.1, 0.15) is 37.8 Å². The first kappa shape index (κ1) is 21.1. The molecule has 0 spiro atoms. The Morgan fingerprint density at radius 1 is 0.818 bits per heavy atom. The first-order valence-electron chi connectivity index (χ1n) is 11.0. The molecule has 2 aromatic heterocycles. The molecule has 4 aromatic rings. The second kappa shape index (κ2) is 8.63. The zero-order valence-electron chi connectivity index (χ0n) is 18.6. The van der Waals surface area contributed by atoms with E-state index in [-0.39, 0.29) is 17.6 Å². The van der Waals surface area contributed by atoms with Crippen molar-refractivity contribution in [2.24, 2.45) is 5.73 Å². The van der Waals surface area contributed by atoms with Gasteiger partial charge in [-0.25, -0.2) is 9.97 Å². The number of nitrogens with zero attached hydrogens (tertiary/aromatic N) is 5. The van der Waals surface area contributed by atoms with E-state index in [2.05, 4.69) is 58.3 Å². The highest BCUT2D eigenvalue weighted by atomic mass is 16.5. The Kier molecular flexibility index (Phi) is 5.51. The fraction of sp³-hybridized carbons (Fsp3) is 0.280. The molecule has 0 bridgehead atoms. The highest BCUT2D eigenvalue weighted by Crippen LogP contribution is 2.34. The van der Waals surface area contributed by atoms with Crippen LogP contribution in [0.4, 0.5) is 0 Å². The molecule has 2 aromatic carbocycles. The van der Waals surface area contributed by atoms with Crippen LogP contribution in [0.25, 0.3) is 5.95 Å². The fourth-order valence-electron chi connectivity index (χ4n) is 3.87. The highest BCUT2D eigenvalue weighted by molar-refractivity contribution is 5.42. The van der Waals surface area contributed by atoms with Crippen LogP contribution in [0, 0.1) is 0 Å². The largest absolute Gasteiger partial charge is 0.490 e. The van der Waals surface area contributed by atoms with E-state index in [0.29, 0.717) is 17.4 Å². The summed E-state index contributed by atoms with van der Waals surface area (Å²) in [5, 5.41) is 8.02. The number of ether oxygens (including phenoxy) is 2. The molecule has 0 radical (unpaired) electrons. The van der Waals surface area contributed by atoms with Gasteiger partial charge in [0.05, 0.1) is 24.8 Å². The van der Waals surface area contributed by atoms with Gasteiger partial charge in [0.1, 0.15) is 17.6 Å². The van der Waals surface area contributed by atoms with Gasteiger partial charge in [-0.2, -0.15) is 10.2 Å². The molecule has 5 rings (SSSR count). The maximum Gasteiger partial charge on any atom is 0.268 e. The molecule has 2 heterocycles. The van der Waals surface area contributed by atoms with E-state index in [0.717, 1.165) is 18.6 Å². The monoisotopic (exact) mass is 442 g/mol. The first-order chi connectivity index (χ1) is 16.0. The van der Waals surface area contributed by atoms with E-state index < -0.39 is 0 Å². The Labute approximate surface area is 192 Å². The SMILES string of the molecule is CC(C)(c1ccc(Oc2cnc(-n3nccn3)nc2)cc1)c1ccc(O[C@H]2C[C@H](N)C2)cc1. The van der Waals surface area contributed by atoms with Gasteiger partial charge in [0.15, 0.2) is 5.75 Å². The number of hydrogen-bond donors (Lipinski definition) is 1. The van der Waals surface area contributed by atoms with Gasteiger partial charge >= 0.3 is 0 Å². The summed E-state index contributed by atoms with van der Waals surface area (Å²) in [5.74, 6) is 2.54. The van der Waals surface area contributed by atoms with E-state index in [4.69, 9.17) is 15.2 Å². The average molecular weight is 443 g/mol. The zero-order chi connectivity index (χ0) is 22.8. The number of nitrogens with two attached hydrogens (primary N) is 1. The van der Waals surface area contributed by atoms with E-state index in [1.54, 1.807) is 24.8 Å². The molecule has 2 N–H and O–H groups in total. The van der Waals surface area contributed by atoms with Crippen LogP contribution < -0.4 is 15.2 Å². The Morgan fingerprint density at radius 2 is 1.36 bits per heavy atom. The minimum absolute atomic E-state index is 0.169. The predicted octanol–water partition coefficient (Wildman–Crippen LogP) is 4.04. The van der Waals surface area contributed by atoms with E-state index in [1.807, 2.05) is 24.3 Å². The summed E-state index contributed by atoms with van der Waals surface area (Å²) < 4.78 is 11.9. The molecule has 1 aliphatic rings. The van der Waals surface area contributed by atoms with Crippen LogP contribution in [0.5, 0.6) is 17.2 Å². The summed E-state index contributed by atoms with van der Waals surface area (Å²) in [6.07, 6.45) is 8.46. The van der Waals surface area contributed by atoms with E-state index in [1.165, 1.54) is 15.9 Å². The topological polar surface area (TPSA) is 101 Å². The molecule has 1 aliphatic carbocycles. The lowest BCUT2D eigenvalue weighted by Crippen LogP contribution is -2.43. The standard InChI is InChI=1S/C25H26N6O2/c1-25(2,17-3-7-20(8-4-17)32-22-13-19(26)14-22)18-5-9-21(10-6-18)33-23-15-27-24(28-16-23)31-29-11-12-30-31/h3-12,15-16,19,22H,13-14,26H2,1-2H3/t19-,22-. The molecule has 1 saturated carbocycles. The molecule has 168 valence electrons. The lowest BCUT2D eigenvalue weighted by Gasteiger charge is -2.33. The number of rotatable bonds is 7. The maximum atomic E-state index is 5.98. The minimum atomic E-state index is -0.169. The van der Waals surface area contributed by atoms with Gasteiger partial charge < -0.3 is 15.2 Å². The van der Waals surface area contributed by atoms with Gasteiger partial charge in [-0.3, -0.25) is 0 Å². The smallest absolute Gasteiger partial charge is 0.268 e. The van der Waals surface area contributed by atoms with Gasteiger partial charge in [0.2, 0.25) is 0 Å². The van der Waals surface area contributed by atoms with Gasteiger partial charge in [0.25, 0.3) is 5.95 Å². The third-order valence-electron chi connectivity index (χ3n) is 6.03. The van der Waals surface area contributed by atoms with Crippen molar-refractivity contribution in [3.05, 3.63) is 84.4 Å². The average Bonchev–Trinajstić information content (AvgIpc) is 3.34. The van der Waals surface area contributed by atoms with Crippen molar-refractivity contribution in [2.75, 3.05) is 0 Å². The first-order valence-corrected chi connectivity index (χ1v) is 11.0. The fourth-order valence-corrected chi connectivity index (χ4v) is 3.87. The minimum Gasteiger partial charge on any atom is -0.490 e. The van der Waals surface area contributed by atoms with Crippen LogP contribution in [0.3, 0.4) is 0 Å².